The second-order valence-electron chi connectivity index (χ2n) is 4.37. The van der Waals surface area contributed by atoms with E-state index in [1.54, 1.807) is 0 Å². The second kappa shape index (κ2) is 6.08. The molecular weight excluding hydrogens is 192 g/mol. The molecule has 0 radical (unpaired) electrons. The summed E-state index contributed by atoms with van der Waals surface area (Å²) in [5.74, 6) is -0.768. The molecular formula is C11H22N2O2. The van der Waals surface area contributed by atoms with Gasteiger partial charge < -0.3 is 10.4 Å². The van der Waals surface area contributed by atoms with Crippen molar-refractivity contribution in [1.29, 1.82) is 0 Å². The monoisotopic (exact) mass is 214 g/mol. The molecule has 4 nitrogen and oxygen atoms in total. The highest BCUT2D eigenvalue weighted by molar-refractivity contribution is 5.69. The average Bonchev–Trinajstić information content (AvgIpc) is 2.25. The van der Waals surface area contributed by atoms with E-state index >= 15 is 0 Å². The van der Waals surface area contributed by atoms with Crippen LogP contribution in [0.4, 0.5) is 0 Å². The van der Waals surface area contributed by atoms with E-state index < -0.39 is 5.97 Å². The molecule has 0 amide bonds. The van der Waals surface area contributed by atoms with Crippen molar-refractivity contribution in [3.63, 3.8) is 0 Å². The smallest absolute Gasteiger partial charge is 0.317 e. The quantitative estimate of drug-likeness (QED) is 0.714. The van der Waals surface area contributed by atoms with Crippen molar-refractivity contribution in [1.82, 2.24) is 10.2 Å². The van der Waals surface area contributed by atoms with E-state index in [9.17, 15) is 4.79 Å². The van der Waals surface area contributed by atoms with E-state index in [-0.39, 0.29) is 6.54 Å². The Morgan fingerprint density at radius 2 is 2.40 bits per heavy atom. The van der Waals surface area contributed by atoms with Crippen LogP contribution in [0.25, 0.3) is 0 Å². The number of aliphatic carboxylic acids is 1. The minimum Gasteiger partial charge on any atom is -0.480 e. The zero-order valence-electron chi connectivity index (χ0n) is 9.70. The molecule has 4 heteroatoms. The molecule has 2 N–H and O–H groups in total. The first kappa shape index (κ1) is 12.5. The molecule has 0 aromatic rings. The van der Waals surface area contributed by atoms with Crippen molar-refractivity contribution in [2.75, 3.05) is 19.6 Å². The summed E-state index contributed by atoms with van der Waals surface area (Å²) in [4.78, 5) is 12.9. The number of rotatable bonds is 5. The van der Waals surface area contributed by atoms with Gasteiger partial charge in [-0.15, -0.1) is 0 Å². The van der Waals surface area contributed by atoms with Gasteiger partial charge in [0, 0.05) is 18.6 Å². The highest BCUT2D eigenvalue weighted by atomic mass is 16.4. The van der Waals surface area contributed by atoms with Crippen LogP contribution in [0.1, 0.15) is 33.1 Å². The van der Waals surface area contributed by atoms with E-state index in [4.69, 9.17) is 5.11 Å². The predicted molar refractivity (Wildman–Crippen MR) is 60.0 cm³/mol. The lowest BCUT2D eigenvalue weighted by Gasteiger charge is -2.36. The molecule has 0 bridgehead atoms. The Kier molecular flexibility index (Phi) is 5.05. The summed E-state index contributed by atoms with van der Waals surface area (Å²) in [5.41, 5.74) is 0. The molecule has 0 aliphatic carbocycles. The number of hydrogen-bond donors (Lipinski definition) is 2. The summed E-state index contributed by atoms with van der Waals surface area (Å²) in [7, 11) is 0. The Morgan fingerprint density at radius 3 is 3.00 bits per heavy atom. The number of likely N-dealkylation sites (tertiary alicyclic amines) is 1. The summed E-state index contributed by atoms with van der Waals surface area (Å²) in [6, 6.07) is 0.961. The largest absolute Gasteiger partial charge is 0.480 e. The third-order valence-electron chi connectivity index (χ3n) is 3.21. The first-order valence-corrected chi connectivity index (χ1v) is 5.82. The van der Waals surface area contributed by atoms with Crippen LogP contribution in [-0.2, 0) is 4.79 Å². The maximum Gasteiger partial charge on any atom is 0.317 e. The molecule has 1 rings (SSSR count). The first-order valence-electron chi connectivity index (χ1n) is 5.82. The van der Waals surface area contributed by atoms with Gasteiger partial charge in [0.05, 0.1) is 6.54 Å². The molecule has 1 heterocycles. The minimum atomic E-state index is -0.768. The van der Waals surface area contributed by atoms with E-state index in [1.165, 1.54) is 6.42 Å². The second-order valence-corrected chi connectivity index (χ2v) is 4.37. The zero-order valence-corrected chi connectivity index (χ0v) is 9.70. The number of nitrogens with one attached hydrogen (secondary N) is 1. The molecule has 2 atom stereocenters. The van der Waals surface area contributed by atoms with Crippen LogP contribution in [-0.4, -0.2) is 47.7 Å². The molecule has 0 saturated carbocycles. The standard InChI is InChI=1S/C11H22N2O2/c1-3-9(2)13-6-4-5-10(8-13)12-7-11(14)15/h9-10,12H,3-8H2,1-2H3,(H,14,15). The van der Waals surface area contributed by atoms with Gasteiger partial charge in [0.15, 0.2) is 0 Å². The number of carboxylic acids is 1. The van der Waals surface area contributed by atoms with Crippen LogP contribution in [0.3, 0.4) is 0 Å². The van der Waals surface area contributed by atoms with Crippen LogP contribution < -0.4 is 5.32 Å². The van der Waals surface area contributed by atoms with Crippen molar-refractivity contribution in [2.24, 2.45) is 0 Å². The average molecular weight is 214 g/mol. The molecule has 0 spiro atoms. The van der Waals surface area contributed by atoms with Gasteiger partial charge in [-0.3, -0.25) is 9.69 Å². The highest BCUT2D eigenvalue weighted by Crippen LogP contribution is 2.14. The molecule has 2 unspecified atom stereocenters. The van der Waals surface area contributed by atoms with Crippen LogP contribution in [0.2, 0.25) is 0 Å². The van der Waals surface area contributed by atoms with Crippen molar-refractivity contribution in [3.8, 4) is 0 Å². The van der Waals surface area contributed by atoms with E-state index in [2.05, 4.69) is 24.1 Å². The normalized spacial score (nSPS) is 25.1. The fourth-order valence-corrected chi connectivity index (χ4v) is 2.06. The summed E-state index contributed by atoms with van der Waals surface area (Å²) >= 11 is 0. The molecule has 15 heavy (non-hydrogen) atoms. The molecule has 1 aliphatic heterocycles. The Labute approximate surface area is 91.6 Å². The molecule has 0 aromatic heterocycles. The fraction of sp³-hybridized carbons (Fsp3) is 0.909. The molecule has 1 fully saturated rings. The number of carbonyl (C=O) groups is 1. The zero-order chi connectivity index (χ0) is 11.3. The van der Waals surface area contributed by atoms with Crippen molar-refractivity contribution in [2.45, 2.75) is 45.2 Å². The van der Waals surface area contributed by atoms with Gasteiger partial charge >= 0.3 is 5.97 Å². The Bertz CT molecular complexity index is 209. The summed E-state index contributed by atoms with van der Waals surface area (Å²) in [6.07, 6.45) is 3.42. The minimum absolute atomic E-state index is 0.0824. The Balaban J connectivity index is 2.32. The van der Waals surface area contributed by atoms with Crippen LogP contribution in [0, 0.1) is 0 Å². The number of hydrogen-bond acceptors (Lipinski definition) is 3. The predicted octanol–water partition coefficient (Wildman–Crippen LogP) is 0.923. The van der Waals surface area contributed by atoms with E-state index in [1.807, 2.05) is 0 Å². The van der Waals surface area contributed by atoms with Gasteiger partial charge in [-0.2, -0.15) is 0 Å². The molecule has 88 valence electrons. The third kappa shape index (κ3) is 4.18. The lowest BCUT2D eigenvalue weighted by molar-refractivity contribution is -0.136. The first-order chi connectivity index (χ1) is 7.13. The lowest BCUT2D eigenvalue weighted by Crippen LogP contribution is -2.49. The van der Waals surface area contributed by atoms with Crippen LogP contribution in [0.15, 0.2) is 0 Å². The Hall–Kier alpha value is -0.610. The van der Waals surface area contributed by atoms with Gasteiger partial charge in [-0.05, 0) is 32.7 Å². The van der Waals surface area contributed by atoms with Gasteiger partial charge in [0.1, 0.15) is 0 Å². The highest BCUT2D eigenvalue weighted by Gasteiger charge is 2.22. The molecule has 1 aliphatic rings. The van der Waals surface area contributed by atoms with Gasteiger partial charge in [0.2, 0.25) is 0 Å². The maximum atomic E-state index is 10.4. The van der Waals surface area contributed by atoms with Gasteiger partial charge in [-0.25, -0.2) is 0 Å². The summed E-state index contributed by atoms with van der Waals surface area (Å²) in [6.45, 7) is 6.65. The molecule has 1 saturated heterocycles. The van der Waals surface area contributed by atoms with Gasteiger partial charge in [0.25, 0.3) is 0 Å². The van der Waals surface area contributed by atoms with E-state index in [0.717, 1.165) is 25.9 Å². The maximum absolute atomic E-state index is 10.4. The van der Waals surface area contributed by atoms with E-state index in [0.29, 0.717) is 12.1 Å². The number of piperidine rings is 1. The molecule has 0 aromatic carbocycles. The van der Waals surface area contributed by atoms with Crippen LogP contribution in [0.5, 0.6) is 0 Å². The SMILES string of the molecule is CCC(C)N1CCCC(NCC(=O)O)C1. The van der Waals surface area contributed by atoms with Crippen LogP contribution >= 0.6 is 0 Å². The third-order valence-corrected chi connectivity index (χ3v) is 3.21. The Morgan fingerprint density at radius 1 is 1.67 bits per heavy atom. The van der Waals surface area contributed by atoms with Crippen molar-refractivity contribution >= 4 is 5.97 Å². The summed E-state index contributed by atoms with van der Waals surface area (Å²) in [5, 5.41) is 11.7. The topological polar surface area (TPSA) is 52.6 Å². The van der Waals surface area contributed by atoms with Gasteiger partial charge in [-0.1, -0.05) is 6.92 Å². The number of carboxylic acid groups (broad SMARTS) is 1. The van der Waals surface area contributed by atoms with Crippen molar-refractivity contribution < 1.29 is 9.90 Å². The van der Waals surface area contributed by atoms with Crippen molar-refractivity contribution in [3.05, 3.63) is 0 Å². The summed E-state index contributed by atoms with van der Waals surface area (Å²) < 4.78 is 0. The number of nitrogens with zero attached hydrogens (tertiary/aromatic N) is 1. The lowest BCUT2D eigenvalue weighted by atomic mass is 10.0. The fourth-order valence-electron chi connectivity index (χ4n) is 2.06.